The summed E-state index contributed by atoms with van der Waals surface area (Å²) in [5.41, 5.74) is 10.2. The van der Waals surface area contributed by atoms with Crippen molar-refractivity contribution in [1.29, 1.82) is 0 Å². The molecule has 5 rings (SSSR count). The summed E-state index contributed by atoms with van der Waals surface area (Å²) >= 11 is 0. The Morgan fingerprint density at radius 2 is 1.04 bits per heavy atom. The fourth-order valence-corrected chi connectivity index (χ4v) is 4.42. The van der Waals surface area contributed by atoms with Crippen molar-refractivity contribution in [2.24, 2.45) is 0 Å². The van der Waals surface area contributed by atoms with Crippen LogP contribution in [0.3, 0.4) is 0 Å². The van der Waals surface area contributed by atoms with Crippen LogP contribution in [0.4, 0.5) is 0 Å². The van der Waals surface area contributed by atoms with E-state index < -0.39 is 0 Å². The third-order valence-electron chi connectivity index (χ3n) is 5.90. The van der Waals surface area contributed by atoms with E-state index in [1.165, 1.54) is 11.1 Å². The first-order valence-electron chi connectivity index (χ1n) is 9.19. The van der Waals surface area contributed by atoms with Gasteiger partial charge in [-0.15, -0.1) is 0 Å². The highest BCUT2D eigenvalue weighted by Crippen LogP contribution is 2.42. The van der Waals surface area contributed by atoms with Gasteiger partial charge in [-0.25, -0.2) is 0 Å². The average Bonchev–Trinajstić information content (AvgIpc) is 2.61. The van der Waals surface area contributed by atoms with E-state index in [-0.39, 0.29) is 11.6 Å². The van der Waals surface area contributed by atoms with E-state index in [4.69, 9.17) is 0 Å². The molecular formula is C23H26O2. The van der Waals surface area contributed by atoms with Gasteiger partial charge in [0.2, 0.25) is 0 Å². The molecule has 3 aliphatic rings. The second kappa shape index (κ2) is 5.94. The highest BCUT2D eigenvalue weighted by Gasteiger charge is 2.39. The lowest BCUT2D eigenvalue weighted by atomic mass is 9.69. The maximum absolute atomic E-state index is 13.3. The van der Waals surface area contributed by atoms with Crippen LogP contribution in [-0.4, -0.2) is 11.6 Å². The molecule has 0 atom stereocenters. The van der Waals surface area contributed by atoms with Gasteiger partial charge in [-0.05, 0) is 86.4 Å². The van der Waals surface area contributed by atoms with Gasteiger partial charge in [-0.1, -0.05) is 19.9 Å². The summed E-state index contributed by atoms with van der Waals surface area (Å²) in [6, 6.07) is 2.03. The van der Waals surface area contributed by atoms with Gasteiger partial charge in [-0.2, -0.15) is 0 Å². The molecule has 0 aliphatic heterocycles. The molecule has 2 bridgehead atoms. The van der Waals surface area contributed by atoms with Gasteiger partial charge in [-0.3, -0.25) is 9.59 Å². The molecule has 2 aromatic rings. The lowest BCUT2D eigenvalue weighted by molar-refractivity contribution is 0.0975. The lowest BCUT2D eigenvalue weighted by Gasteiger charge is -2.32. The predicted molar refractivity (Wildman–Crippen MR) is 102 cm³/mol. The normalized spacial score (nSPS) is 14.0. The lowest BCUT2D eigenvalue weighted by Crippen LogP contribution is -2.30. The van der Waals surface area contributed by atoms with E-state index >= 15 is 0 Å². The number of aryl methyl sites for hydroxylation is 2. The van der Waals surface area contributed by atoms with Crippen LogP contribution in [0, 0.1) is 34.6 Å². The number of rotatable bonds is 0. The molecule has 0 saturated carbocycles. The molecule has 0 N–H and O–H groups in total. The Labute approximate surface area is 150 Å². The van der Waals surface area contributed by atoms with Crippen LogP contribution in [0.25, 0.3) is 0 Å². The van der Waals surface area contributed by atoms with E-state index in [0.717, 1.165) is 40.7 Å². The van der Waals surface area contributed by atoms with E-state index in [1.807, 2.05) is 40.7 Å². The first-order valence-corrected chi connectivity index (χ1v) is 9.19. The first kappa shape index (κ1) is 17.6. The number of hydrogen-bond donors (Lipinski definition) is 0. The first-order chi connectivity index (χ1) is 11.8. The summed E-state index contributed by atoms with van der Waals surface area (Å²) in [4.78, 5) is 26.6. The minimum absolute atomic E-state index is 0.0502. The molecule has 0 unspecified atom stereocenters. The summed E-state index contributed by atoms with van der Waals surface area (Å²) < 4.78 is 0. The zero-order valence-corrected chi connectivity index (χ0v) is 16.3. The number of benzene rings is 2. The monoisotopic (exact) mass is 334 g/mol. The molecular weight excluding hydrogens is 308 g/mol. The van der Waals surface area contributed by atoms with Crippen molar-refractivity contribution in [1.82, 2.24) is 0 Å². The van der Waals surface area contributed by atoms with Crippen LogP contribution >= 0.6 is 0 Å². The van der Waals surface area contributed by atoms with Gasteiger partial charge in [0, 0.05) is 22.3 Å². The van der Waals surface area contributed by atoms with Crippen LogP contribution < -0.4 is 0 Å². The standard InChI is InChI=1S/C21H20O2.C2H6/c1-9-8-10(2)16-17(11(9)3)21(23)19-15-7-6-14(12(4)13(15)5)18(19)20(16)22;1-2/h8H,6-7H2,1-5H3;1-2H3. The minimum Gasteiger partial charge on any atom is -0.289 e. The third kappa shape index (κ3) is 2.16. The van der Waals surface area contributed by atoms with Gasteiger partial charge in [0.15, 0.2) is 11.6 Å². The van der Waals surface area contributed by atoms with Crippen LogP contribution in [0.2, 0.25) is 0 Å². The quantitative estimate of drug-likeness (QED) is 0.571. The molecule has 2 nitrogen and oxygen atoms in total. The summed E-state index contributed by atoms with van der Waals surface area (Å²) in [6.07, 6.45) is 1.77. The van der Waals surface area contributed by atoms with Crippen molar-refractivity contribution in [3.63, 3.8) is 0 Å². The number of fused-ring (bicyclic) bond motifs is 3. The smallest absolute Gasteiger partial charge is 0.195 e. The van der Waals surface area contributed by atoms with Crippen molar-refractivity contribution in [2.45, 2.75) is 61.3 Å². The molecule has 2 heteroatoms. The predicted octanol–water partition coefficient (Wildman–Crippen LogP) is 5.13. The number of hydrogen-bond acceptors (Lipinski definition) is 2. The highest BCUT2D eigenvalue weighted by molar-refractivity contribution is 6.31. The maximum atomic E-state index is 13.3. The van der Waals surface area contributed by atoms with Crippen LogP contribution in [0.1, 0.15) is 84.6 Å². The third-order valence-corrected chi connectivity index (χ3v) is 5.90. The zero-order chi connectivity index (χ0) is 18.6. The topological polar surface area (TPSA) is 34.1 Å². The van der Waals surface area contributed by atoms with E-state index in [0.29, 0.717) is 22.3 Å². The molecule has 3 aliphatic carbocycles. The van der Waals surface area contributed by atoms with E-state index in [2.05, 4.69) is 13.8 Å². The number of ketones is 2. The second-order valence-electron chi connectivity index (χ2n) is 7.00. The molecule has 0 aromatic heterocycles. The Kier molecular flexibility index (Phi) is 4.18. The fourth-order valence-electron chi connectivity index (χ4n) is 4.42. The Balaban J connectivity index is 0.000000880. The van der Waals surface area contributed by atoms with Crippen molar-refractivity contribution in [3.8, 4) is 0 Å². The summed E-state index contributed by atoms with van der Waals surface area (Å²) in [6.45, 7) is 14.1. The minimum atomic E-state index is 0.0502. The van der Waals surface area contributed by atoms with Gasteiger partial charge < -0.3 is 0 Å². The molecule has 0 spiro atoms. The fraction of sp³-hybridized carbons (Fsp3) is 0.391. The van der Waals surface area contributed by atoms with E-state index in [9.17, 15) is 9.59 Å². The van der Waals surface area contributed by atoms with Crippen molar-refractivity contribution < 1.29 is 9.59 Å². The van der Waals surface area contributed by atoms with Gasteiger partial charge in [0.25, 0.3) is 0 Å². The Morgan fingerprint density at radius 3 is 1.52 bits per heavy atom. The molecule has 0 amide bonds. The molecule has 0 saturated heterocycles. The molecule has 0 radical (unpaired) electrons. The van der Waals surface area contributed by atoms with Crippen LogP contribution in [-0.2, 0) is 12.8 Å². The van der Waals surface area contributed by atoms with Gasteiger partial charge >= 0.3 is 0 Å². The van der Waals surface area contributed by atoms with Gasteiger partial charge in [0.05, 0.1) is 0 Å². The Bertz CT molecular complexity index is 946. The zero-order valence-electron chi connectivity index (χ0n) is 16.3. The van der Waals surface area contributed by atoms with Crippen molar-refractivity contribution >= 4 is 11.6 Å². The largest absolute Gasteiger partial charge is 0.289 e. The number of carbonyl (C=O) groups excluding carboxylic acids is 2. The second-order valence-corrected chi connectivity index (χ2v) is 7.00. The molecule has 130 valence electrons. The van der Waals surface area contributed by atoms with Crippen LogP contribution in [0.15, 0.2) is 6.07 Å². The molecule has 25 heavy (non-hydrogen) atoms. The summed E-state index contributed by atoms with van der Waals surface area (Å²) in [5, 5.41) is 0. The van der Waals surface area contributed by atoms with E-state index in [1.54, 1.807) is 0 Å². The maximum Gasteiger partial charge on any atom is 0.195 e. The van der Waals surface area contributed by atoms with Crippen molar-refractivity contribution in [3.05, 3.63) is 67.3 Å². The molecule has 0 heterocycles. The average molecular weight is 334 g/mol. The van der Waals surface area contributed by atoms with Gasteiger partial charge in [0.1, 0.15) is 0 Å². The molecule has 0 fully saturated rings. The summed E-state index contributed by atoms with van der Waals surface area (Å²) in [7, 11) is 0. The SMILES string of the molecule is CC.Cc1cc(C)c2c(c1C)C(=O)c1c3c(C)c(C)c(c1C2=O)CC3. The molecule has 2 aromatic carbocycles. The Morgan fingerprint density at radius 1 is 0.600 bits per heavy atom. The van der Waals surface area contributed by atoms with Crippen molar-refractivity contribution in [2.75, 3.05) is 0 Å². The summed E-state index contributed by atoms with van der Waals surface area (Å²) in [5.74, 6) is 0.104. The van der Waals surface area contributed by atoms with Crippen LogP contribution in [0.5, 0.6) is 0 Å². The highest BCUT2D eigenvalue weighted by atomic mass is 16.1. The number of carbonyl (C=O) groups is 2. The Hall–Kier alpha value is -2.22.